The monoisotopic (exact) mass is 2440 g/mol. The minimum absolute atomic E-state index is 0.0712. The summed E-state index contributed by atoms with van der Waals surface area (Å²) in [4.78, 5) is 60.0. The first-order valence-electron chi connectivity index (χ1n) is 39.6. The molecule has 30 heteroatoms. The van der Waals surface area contributed by atoms with E-state index < -0.39 is 0 Å². The second-order valence-electron chi connectivity index (χ2n) is 28.5. The molecule has 4 aliphatic heterocycles. The number of rotatable bonds is 34. The third kappa shape index (κ3) is 26.6. The van der Waals surface area contributed by atoms with Crippen LogP contribution in [0.15, 0.2) is 109 Å². The molecule has 8 aromatic rings. The molecule has 26 nitrogen and oxygen atoms in total. The van der Waals surface area contributed by atoms with Crippen molar-refractivity contribution in [2.45, 2.75) is 77.5 Å². The van der Waals surface area contributed by atoms with Gasteiger partial charge in [0, 0.05) is 0 Å². The van der Waals surface area contributed by atoms with Crippen molar-refractivity contribution in [3.63, 3.8) is 0 Å². The van der Waals surface area contributed by atoms with Crippen LogP contribution in [0.5, 0.6) is 80.5 Å². The van der Waals surface area contributed by atoms with E-state index in [1.165, 1.54) is 119 Å². The third-order valence-corrected chi connectivity index (χ3v) is 24.7. The molecule has 4 aliphatic rings. The summed E-state index contributed by atoms with van der Waals surface area (Å²) in [5.41, 5.74) is 12.5. The summed E-state index contributed by atoms with van der Waals surface area (Å²) in [5.74, 6) is 9.03. The molecule has 12 rings (SSSR count). The molecule has 4 amide bonds. The number of carbonyl (C=O) groups excluding carboxylic acids is 4. The molecule has 4 N–H and O–H groups in total. The average molecular weight is 2440 g/mol. The van der Waals surface area contributed by atoms with Gasteiger partial charge in [0.25, 0.3) is 0 Å². The number of nitrogens with zero attached hydrogens (tertiary/aromatic N) is 4. The Morgan fingerprint density at radius 2 is 0.500 bits per heavy atom. The Morgan fingerprint density at radius 3 is 0.767 bits per heavy atom. The van der Waals surface area contributed by atoms with Gasteiger partial charge in [-0.05, 0) is 35.4 Å². The first-order chi connectivity index (χ1) is 58.1. The number of hydrogen-bond donors (Lipinski definition) is 4. The van der Waals surface area contributed by atoms with Crippen LogP contribution in [0.3, 0.4) is 0 Å². The van der Waals surface area contributed by atoms with E-state index in [-0.39, 0.29) is 23.6 Å². The van der Waals surface area contributed by atoms with E-state index in [0.29, 0.717) is 82.9 Å². The molecular formula is C90H112At4N8O18. The number of carbonyl (C=O) groups is 4. The maximum atomic E-state index is 12.7. The molecule has 0 bridgehead atoms. The molecule has 0 aromatic heterocycles. The van der Waals surface area contributed by atoms with Gasteiger partial charge in [-0.3, -0.25) is 0 Å². The van der Waals surface area contributed by atoms with Gasteiger partial charge in [-0.1, -0.05) is 0 Å². The summed E-state index contributed by atoms with van der Waals surface area (Å²) in [7, 11) is 22.7. The quantitative estimate of drug-likeness (QED) is 0.0277. The van der Waals surface area contributed by atoms with Gasteiger partial charge in [0.1, 0.15) is 0 Å². The second-order valence-corrected chi connectivity index (χ2v) is 35.3. The predicted octanol–water partition coefficient (Wildman–Crippen LogP) is 8.28. The number of unbranched alkanes of at least 4 members (excludes halogenated alkanes) is 2. The number of benzene rings is 8. The van der Waals surface area contributed by atoms with Crippen molar-refractivity contribution in [2.24, 2.45) is 0 Å². The van der Waals surface area contributed by atoms with Gasteiger partial charge >= 0.3 is 609 Å². The van der Waals surface area contributed by atoms with E-state index in [0.717, 1.165) is 189 Å². The normalized spacial score (nSPS) is 13.4. The van der Waals surface area contributed by atoms with Crippen molar-refractivity contribution in [1.29, 1.82) is 0 Å². The van der Waals surface area contributed by atoms with Crippen molar-refractivity contribution in [1.82, 2.24) is 40.9 Å². The zero-order valence-corrected chi connectivity index (χ0v) is 82.8. The van der Waals surface area contributed by atoms with Crippen molar-refractivity contribution in [2.75, 3.05) is 178 Å². The number of ether oxygens (including phenoxy) is 14. The van der Waals surface area contributed by atoms with Crippen LogP contribution in [0.1, 0.15) is 112 Å². The Hall–Kier alpha value is -7.79. The Labute approximate surface area is 767 Å². The number of hydrogen-bond acceptors (Lipinski definition) is 22. The third-order valence-electron chi connectivity index (χ3n) is 21.2. The Morgan fingerprint density at radius 1 is 0.258 bits per heavy atom. The Bertz CT molecular complexity index is 4790. The van der Waals surface area contributed by atoms with Gasteiger partial charge in [0.15, 0.2) is 34.5 Å². The number of methoxy groups -OCH3 is 14. The molecule has 4 heterocycles. The summed E-state index contributed by atoms with van der Waals surface area (Å²) < 4.78 is 79.7. The van der Waals surface area contributed by atoms with Crippen LogP contribution in [-0.4, -0.2) is 221 Å². The average Bonchev–Trinajstić information content (AvgIpc) is 0.820. The molecule has 0 unspecified atom stereocenters. The number of fused-ring (bicyclic) bond motifs is 4. The van der Waals surface area contributed by atoms with Crippen LogP contribution in [0.4, 0.5) is 0 Å². The summed E-state index contributed by atoms with van der Waals surface area (Å²) in [6.45, 7) is 13.4. The minimum atomic E-state index is -0.160. The molecule has 0 atom stereocenters. The summed E-state index contributed by atoms with van der Waals surface area (Å²) in [6.07, 6.45) is 7.82. The molecule has 648 valence electrons. The topological polar surface area (TPSA) is 259 Å². The summed E-state index contributed by atoms with van der Waals surface area (Å²) in [6, 6.07) is 35.4. The van der Waals surface area contributed by atoms with Crippen LogP contribution in [0.25, 0.3) is 0 Å². The Balaban J connectivity index is 0.000000182. The van der Waals surface area contributed by atoms with E-state index in [1.807, 2.05) is 66.7 Å². The van der Waals surface area contributed by atoms with Crippen LogP contribution in [0, 0.1) is 98.9 Å². The first-order valence-corrected chi connectivity index (χ1v) is 45.5. The molecule has 0 radical (unpaired) electrons. The molecule has 120 heavy (non-hydrogen) atoms. The molecule has 8 aromatic carbocycles. The standard InChI is InChI=1S/C24H31AtN2O5.C23H29AtN2O4.C22H27AtN2O5.C21H25AtN2O4/c1-29-20-11-16-7-10-27(15-17(16)12-21(20)30-2)9-6-5-8-26-24(28)19-13-18(25)14-22(31-3)23(19)32-4;1-28-20-7-6-18(24)14-19(20)23(27)25-9-4-5-10-26-11-8-16-12-21(29-2)22(30-3)13-17(16)15-26;1-27-18-9-14-5-7-25(13-15(14)10-19(18)28-2)8-6-24-22(26)17-11-16(23)12-20(29-3)21(17)30-4;1-26-18-5-4-16(22)12-17(18)21(25)23-7-9-24-8-6-14-10-19(27-2)20(28-3)11-15(14)13-24/h11-14H,5-10,15H2,1-4H3,(H,26,28);6-7,12-14H,4-5,8-11,15H2,1-3H3,(H,25,27);9-12H,5-8,13H2,1-4H3,(H,24,26);4-5,10-12H,6-9,13H2,1-3H3,(H,23,25)/i25+1;24+1;23+1;22+1. The zero-order valence-electron chi connectivity index (χ0n) is 71.0. The van der Waals surface area contributed by atoms with Gasteiger partial charge in [0.05, 0.1) is 56.9 Å². The zero-order chi connectivity index (χ0) is 86.4. The summed E-state index contributed by atoms with van der Waals surface area (Å²) in [5, 5.41) is 12.1. The molecule has 0 saturated heterocycles. The molecule has 0 aliphatic carbocycles. The van der Waals surface area contributed by atoms with Crippen LogP contribution >= 0.6 is 0 Å². The van der Waals surface area contributed by atoms with Gasteiger partial charge in [-0.2, -0.15) is 0 Å². The van der Waals surface area contributed by atoms with Gasteiger partial charge in [0.2, 0.25) is 0 Å². The number of amides is 4. The van der Waals surface area contributed by atoms with E-state index >= 15 is 0 Å². The predicted molar refractivity (Wildman–Crippen MR) is 446 cm³/mol. The van der Waals surface area contributed by atoms with E-state index in [4.69, 9.17) is 66.3 Å². The van der Waals surface area contributed by atoms with Crippen LogP contribution in [0.2, 0.25) is 0 Å². The summed E-state index contributed by atoms with van der Waals surface area (Å²) >= 11 is 6.06. The van der Waals surface area contributed by atoms with E-state index in [9.17, 15) is 19.2 Å². The molecule has 0 fully saturated rings. The van der Waals surface area contributed by atoms with Gasteiger partial charge in [-0.25, -0.2) is 0 Å². The number of nitrogens with one attached hydrogen (secondary N) is 4. The Kier molecular flexibility index (Phi) is 39.1. The fourth-order valence-electron chi connectivity index (χ4n) is 14.8. The van der Waals surface area contributed by atoms with E-state index in [2.05, 4.69) is 83.3 Å². The fraction of sp³-hybridized carbons (Fsp3) is 0.422. The fourth-order valence-corrected chi connectivity index (χ4v) is 17.8. The van der Waals surface area contributed by atoms with Crippen molar-refractivity contribution < 1.29 is 184 Å². The second kappa shape index (κ2) is 48.9. The van der Waals surface area contributed by atoms with E-state index in [1.54, 1.807) is 124 Å². The molecule has 0 saturated carbocycles. The first kappa shape index (κ1) is 96.0. The van der Waals surface area contributed by atoms with Crippen molar-refractivity contribution >= 4 is 36.7 Å². The van der Waals surface area contributed by atoms with Crippen molar-refractivity contribution in [3.8, 4) is 80.5 Å². The molecule has 0 spiro atoms. The van der Waals surface area contributed by atoms with Gasteiger partial charge < -0.3 is 37.9 Å². The molecular weight excluding hydrogens is 2320 g/mol. The van der Waals surface area contributed by atoms with Crippen LogP contribution in [-0.2, 0) is 51.9 Å². The van der Waals surface area contributed by atoms with Crippen molar-refractivity contribution in [3.05, 3.63) is 176 Å². The van der Waals surface area contributed by atoms with Crippen LogP contribution < -0.4 is 101 Å². The SMILES string of the molecule is COc1cc2c(cc1OC)CN(CCCCNC(=O)c1cc([211At])cc(OC)c1OC)CC2.COc1cc2c(cc1OC)CN(CCCCNC(=O)c1cc([211At])ccc1OC)CC2.COc1cc2c(cc1OC)CN(CCNC(=O)c1cc([211At])cc(OC)c1OC)CC2.COc1cc2c(cc1OC)CN(CCNC(=O)c1cc([211At])ccc1OC)CC2. The van der Waals surface area contributed by atoms with Gasteiger partial charge in [-0.15, -0.1) is 0 Å². The maximum absolute atomic E-state index is 12.7.